The van der Waals surface area contributed by atoms with Gasteiger partial charge in [0, 0.05) is 12.6 Å². The van der Waals surface area contributed by atoms with Gasteiger partial charge in [-0.05, 0) is 62.2 Å². The highest BCUT2D eigenvalue weighted by Crippen LogP contribution is 2.34. The van der Waals surface area contributed by atoms with E-state index in [4.69, 9.17) is 0 Å². The monoisotopic (exact) mass is 441 g/mol. The zero-order valence-corrected chi connectivity index (χ0v) is 17.3. The number of fused-ring (bicyclic) bond motifs is 1. The van der Waals surface area contributed by atoms with Crippen molar-refractivity contribution in [3.8, 4) is 0 Å². The fraction of sp³-hybridized carbons (Fsp3) is 0.350. The predicted molar refractivity (Wildman–Crippen MR) is 107 cm³/mol. The second-order valence-corrected chi connectivity index (χ2v) is 8.98. The summed E-state index contributed by atoms with van der Waals surface area (Å²) in [7, 11) is -2.33. The molecule has 1 atom stereocenters. The van der Waals surface area contributed by atoms with E-state index in [9.17, 15) is 26.4 Å². The quantitative estimate of drug-likeness (QED) is 0.747. The van der Waals surface area contributed by atoms with Gasteiger partial charge in [-0.2, -0.15) is 13.2 Å². The standard InChI is InChI=1S/C20H22F3N3O3S/c1-13-11-15-5-8-17(30(28,29)24-2)12-18(15)26(13)19(27)25-10-9-14-3-6-16(7-4-14)20(21,22)23/h3-8,12-13,24H,9-11H2,1-2H3,(H,25,27). The molecule has 162 valence electrons. The molecule has 2 amide bonds. The molecule has 0 aliphatic carbocycles. The Labute approximate surface area is 173 Å². The van der Waals surface area contributed by atoms with E-state index < -0.39 is 21.8 Å². The maximum absolute atomic E-state index is 12.7. The molecule has 0 radical (unpaired) electrons. The van der Waals surface area contributed by atoms with Crippen molar-refractivity contribution in [1.82, 2.24) is 10.0 Å². The summed E-state index contributed by atoms with van der Waals surface area (Å²) >= 11 is 0. The van der Waals surface area contributed by atoms with Crippen LogP contribution in [-0.4, -0.2) is 34.1 Å². The topological polar surface area (TPSA) is 78.5 Å². The van der Waals surface area contributed by atoms with Crippen LogP contribution in [0, 0.1) is 0 Å². The largest absolute Gasteiger partial charge is 0.416 e. The van der Waals surface area contributed by atoms with E-state index in [0.29, 0.717) is 24.1 Å². The zero-order chi connectivity index (χ0) is 22.1. The minimum absolute atomic E-state index is 0.0698. The first kappa shape index (κ1) is 22.1. The van der Waals surface area contributed by atoms with E-state index in [0.717, 1.165) is 17.7 Å². The fourth-order valence-corrected chi connectivity index (χ4v) is 4.19. The number of hydrogen-bond donors (Lipinski definition) is 2. The number of sulfonamides is 1. The molecule has 2 aromatic carbocycles. The summed E-state index contributed by atoms with van der Waals surface area (Å²) in [4.78, 5) is 14.3. The van der Waals surface area contributed by atoms with Crippen LogP contribution in [0.25, 0.3) is 0 Å². The highest BCUT2D eigenvalue weighted by atomic mass is 32.2. The molecule has 10 heteroatoms. The number of hydrogen-bond acceptors (Lipinski definition) is 3. The Balaban J connectivity index is 1.67. The van der Waals surface area contributed by atoms with Crippen molar-refractivity contribution in [3.05, 3.63) is 59.2 Å². The summed E-state index contributed by atoms with van der Waals surface area (Å²) in [5.41, 5.74) is 1.35. The molecule has 3 rings (SSSR count). The van der Waals surface area contributed by atoms with Crippen molar-refractivity contribution in [3.63, 3.8) is 0 Å². The fourth-order valence-electron chi connectivity index (χ4n) is 3.44. The van der Waals surface area contributed by atoms with E-state index in [-0.39, 0.29) is 23.5 Å². The predicted octanol–water partition coefficient (Wildman–Crippen LogP) is 3.32. The third-order valence-corrected chi connectivity index (χ3v) is 6.45. The Morgan fingerprint density at radius 3 is 2.43 bits per heavy atom. The second-order valence-electron chi connectivity index (χ2n) is 7.10. The molecule has 0 saturated carbocycles. The van der Waals surface area contributed by atoms with Crippen molar-refractivity contribution >= 4 is 21.7 Å². The molecular weight excluding hydrogens is 419 g/mol. The molecule has 1 aliphatic heterocycles. The van der Waals surface area contributed by atoms with Gasteiger partial charge in [0.05, 0.1) is 16.1 Å². The van der Waals surface area contributed by atoms with Crippen LogP contribution in [0.5, 0.6) is 0 Å². The first-order valence-corrected chi connectivity index (χ1v) is 10.8. The SMILES string of the molecule is CNS(=O)(=O)c1ccc2c(c1)N(C(=O)NCCc1ccc(C(F)(F)F)cc1)C(C)C2. The van der Waals surface area contributed by atoms with Crippen LogP contribution in [-0.2, 0) is 29.0 Å². The Morgan fingerprint density at radius 2 is 1.83 bits per heavy atom. The molecule has 0 bridgehead atoms. The lowest BCUT2D eigenvalue weighted by Gasteiger charge is -2.23. The highest BCUT2D eigenvalue weighted by molar-refractivity contribution is 7.89. The Bertz CT molecular complexity index is 1040. The van der Waals surface area contributed by atoms with E-state index in [1.807, 2.05) is 6.92 Å². The van der Waals surface area contributed by atoms with Gasteiger partial charge in [0.2, 0.25) is 10.0 Å². The summed E-state index contributed by atoms with van der Waals surface area (Å²) in [5, 5.41) is 2.76. The maximum Gasteiger partial charge on any atom is 0.416 e. The maximum atomic E-state index is 12.7. The Morgan fingerprint density at radius 1 is 1.17 bits per heavy atom. The molecule has 2 aromatic rings. The van der Waals surface area contributed by atoms with Crippen LogP contribution in [0.3, 0.4) is 0 Å². The van der Waals surface area contributed by atoms with E-state index in [1.165, 1.54) is 36.2 Å². The van der Waals surface area contributed by atoms with Crippen LogP contribution in [0.1, 0.15) is 23.6 Å². The van der Waals surface area contributed by atoms with Crippen LogP contribution in [0.2, 0.25) is 0 Å². The lowest BCUT2D eigenvalue weighted by Crippen LogP contribution is -2.44. The summed E-state index contributed by atoms with van der Waals surface area (Å²) in [6.45, 7) is 2.10. The van der Waals surface area contributed by atoms with E-state index in [2.05, 4.69) is 10.0 Å². The number of urea groups is 1. The number of nitrogens with zero attached hydrogens (tertiary/aromatic N) is 1. The molecule has 6 nitrogen and oxygen atoms in total. The molecular formula is C20H22F3N3O3S. The smallest absolute Gasteiger partial charge is 0.337 e. The number of carbonyl (C=O) groups is 1. The molecule has 0 aromatic heterocycles. The van der Waals surface area contributed by atoms with E-state index in [1.54, 1.807) is 6.07 Å². The summed E-state index contributed by atoms with van der Waals surface area (Å²) in [6, 6.07) is 8.94. The third-order valence-electron chi connectivity index (χ3n) is 5.04. The molecule has 0 fully saturated rings. The third kappa shape index (κ3) is 4.59. The molecule has 30 heavy (non-hydrogen) atoms. The van der Waals surface area contributed by atoms with Crippen molar-refractivity contribution in [1.29, 1.82) is 0 Å². The summed E-state index contributed by atoms with van der Waals surface area (Å²) < 4.78 is 64.3. The van der Waals surface area contributed by atoms with Gasteiger partial charge in [-0.15, -0.1) is 0 Å². The lowest BCUT2D eigenvalue weighted by molar-refractivity contribution is -0.137. The van der Waals surface area contributed by atoms with Gasteiger partial charge in [0.15, 0.2) is 0 Å². The number of anilines is 1. The van der Waals surface area contributed by atoms with Crippen molar-refractivity contribution in [2.24, 2.45) is 0 Å². The van der Waals surface area contributed by atoms with E-state index >= 15 is 0 Å². The van der Waals surface area contributed by atoms with Gasteiger partial charge in [0.1, 0.15) is 0 Å². The molecule has 0 saturated heterocycles. The number of nitrogens with one attached hydrogen (secondary N) is 2. The lowest BCUT2D eigenvalue weighted by atomic mass is 10.1. The molecule has 2 N–H and O–H groups in total. The molecule has 1 heterocycles. The number of halogens is 3. The average Bonchev–Trinajstić information content (AvgIpc) is 3.02. The summed E-state index contributed by atoms with van der Waals surface area (Å²) in [6.07, 6.45) is -3.42. The minimum Gasteiger partial charge on any atom is -0.337 e. The van der Waals surface area contributed by atoms with Crippen molar-refractivity contribution < 1.29 is 26.4 Å². The molecule has 0 spiro atoms. The van der Waals surface area contributed by atoms with Gasteiger partial charge in [-0.25, -0.2) is 17.9 Å². The normalized spacial score (nSPS) is 16.4. The Kier molecular flexibility index (Phi) is 6.09. The highest BCUT2D eigenvalue weighted by Gasteiger charge is 2.32. The number of benzene rings is 2. The second kappa shape index (κ2) is 8.27. The average molecular weight is 441 g/mol. The first-order valence-electron chi connectivity index (χ1n) is 9.32. The number of alkyl halides is 3. The van der Waals surface area contributed by atoms with Gasteiger partial charge in [-0.1, -0.05) is 18.2 Å². The van der Waals surface area contributed by atoms with Crippen molar-refractivity contribution in [2.75, 3.05) is 18.5 Å². The van der Waals surface area contributed by atoms with Crippen LogP contribution >= 0.6 is 0 Å². The van der Waals surface area contributed by atoms with Gasteiger partial charge in [-0.3, -0.25) is 4.90 Å². The number of rotatable bonds is 5. The molecule has 1 aliphatic rings. The summed E-state index contributed by atoms with van der Waals surface area (Å²) in [5.74, 6) is 0. The van der Waals surface area contributed by atoms with Gasteiger partial charge in [0.25, 0.3) is 0 Å². The van der Waals surface area contributed by atoms with Gasteiger partial charge >= 0.3 is 12.2 Å². The zero-order valence-electron chi connectivity index (χ0n) is 16.5. The minimum atomic E-state index is -4.38. The number of carbonyl (C=O) groups excluding carboxylic acids is 1. The van der Waals surface area contributed by atoms with Gasteiger partial charge < -0.3 is 5.32 Å². The van der Waals surface area contributed by atoms with Crippen LogP contribution in [0.4, 0.5) is 23.7 Å². The molecule has 1 unspecified atom stereocenters. The Hall–Kier alpha value is -2.59. The van der Waals surface area contributed by atoms with Crippen LogP contribution in [0.15, 0.2) is 47.4 Å². The van der Waals surface area contributed by atoms with Crippen LogP contribution < -0.4 is 14.9 Å². The first-order chi connectivity index (χ1) is 14.0. The number of amides is 2. The van der Waals surface area contributed by atoms with Crippen molar-refractivity contribution in [2.45, 2.75) is 36.9 Å².